The van der Waals surface area contributed by atoms with E-state index in [1.807, 2.05) is 58.0 Å². The van der Waals surface area contributed by atoms with Crippen molar-refractivity contribution in [2.45, 2.75) is 40.8 Å². The molecule has 0 amide bonds. The van der Waals surface area contributed by atoms with Gasteiger partial charge in [-0.05, 0) is 12.1 Å². The van der Waals surface area contributed by atoms with Gasteiger partial charge in [0.2, 0.25) is 0 Å². The zero-order valence-corrected chi connectivity index (χ0v) is 15.1. The predicted molar refractivity (Wildman–Crippen MR) is 99.0 cm³/mol. The molecule has 0 spiro atoms. The van der Waals surface area contributed by atoms with Crippen LogP contribution in [0.1, 0.15) is 38.8 Å². The maximum Gasteiger partial charge on any atom is 0.124 e. The largest absolute Gasteiger partial charge is 0.488 e. The van der Waals surface area contributed by atoms with Crippen LogP contribution in [0.15, 0.2) is 48.5 Å². The molecular weight excluding hydrogens is 294 g/mol. The number of para-hydroxylation sites is 2. The molecular formula is C19H28ClNO. The first-order valence-electron chi connectivity index (χ1n) is 7.84. The molecule has 1 aliphatic rings. The van der Waals surface area contributed by atoms with E-state index in [-0.39, 0.29) is 0 Å². The number of hydrogen-bond donors (Lipinski definition) is 1. The molecule has 0 bridgehead atoms. The zero-order chi connectivity index (χ0) is 16.8. The second-order valence-corrected chi connectivity index (χ2v) is 3.91. The van der Waals surface area contributed by atoms with Crippen LogP contribution >= 0.6 is 11.6 Å². The van der Waals surface area contributed by atoms with Gasteiger partial charge in [0.15, 0.2) is 0 Å². The fourth-order valence-corrected chi connectivity index (χ4v) is 1.96. The average Bonchev–Trinajstić information content (AvgIpc) is 2.62. The zero-order valence-electron chi connectivity index (χ0n) is 14.3. The van der Waals surface area contributed by atoms with Gasteiger partial charge in [-0.2, -0.15) is 0 Å². The number of benzene rings is 2. The molecule has 1 N–H and O–H groups in total. The van der Waals surface area contributed by atoms with Crippen molar-refractivity contribution >= 4 is 17.3 Å². The van der Waals surface area contributed by atoms with Crippen LogP contribution in [0.5, 0.6) is 5.75 Å². The second-order valence-electron chi connectivity index (χ2n) is 3.91. The van der Waals surface area contributed by atoms with Gasteiger partial charge in [-0.25, -0.2) is 0 Å². The number of fused-ring (bicyclic) bond motifs is 2. The molecule has 3 heteroatoms. The smallest absolute Gasteiger partial charge is 0.124 e. The lowest BCUT2D eigenvalue weighted by atomic mass is 10.1. The minimum atomic E-state index is 0.625. The summed E-state index contributed by atoms with van der Waals surface area (Å²) >= 11 is 4.64. The summed E-state index contributed by atoms with van der Waals surface area (Å²) in [7, 11) is 0. The highest BCUT2D eigenvalue weighted by Crippen LogP contribution is 2.26. The van der Waals surface area contributed by atoms with Gasteiger partial charge in [-0.15, -0.1) is 11.6 Å². The van der Waals surface area contributed by atoms with Crippen LogP contribution in [-0.4, -0.2) is 6.38 Å². The van der Waals surface area contributed by atoms with Gasteiger partial charge in [0.25, 0.3) is 0 Å². The number of rotatable bonds is 0. The molecule has 3 rings (SSSR count). The fraction of sp³-hybridized carbons (Fsp3) is 0.368. The lowest BCUT2D eigenvalue weighted by molar-refractivity contribution is 0.302. The van der Waals surface area contributed by atoms with Gasteiger partial charge < -0.3 is 10.1 Å². The van der Waals surface area contributed by atoms with Gasteiger partial charge in [0.05, 0.1) is 0 Å². The number of anilines is 1. The molecule has 0 unspecified atom stereocenters. The van der Waals surface area contributed by atoms with E-state index in [1.54, 1.807) is 0 Å². The van der Waals surface area contributed by atoms with E-state index in [0.717, 1.165) is 18.0 Å². The summed E-state index contributed by atoms with van der Waals surface area (Å²) in [6.07, 6.45) is 1.47. The summed E-state index contributed by atoms with van der Waals surface area (Å²) < 4.78 is 5.81. The Hall–Kier alpha value is -1.67. The van der Waals surface area contributed by atoms with Crippen molar-refractivity contribution < 1.29 is 4.74 Å². The maximum absolute atomic E-state index is 5.81. The topological polar surface area (TPSA) is 21.3 Å². The third-order valence-electron chi connectivity index (χ3n) is 2.84. The van der Waals surface area contributed by atoms with Gasteiger partial charge in [0.1, 0.15) is 12.4 Å². The highest BCUT2D eigenvalue weighted by molar-refractivity contribution is 6.15. The van der Waals surface area contributed by atoms with Gasteiger partial charge in [-0.3, -0.25) is 0 Å². The Kier molecular flexibility index (Phi) is 12.0. The molecule has 0 saturated heterocycles. The number of ether oxygens (including phenoxy) is 1. The number of alkyl halides is 1. The van der Waals surface area contributed by atoms with E-state index in [0.29, 0.717) is 6.61 Å². The summed E-state index contributed by atoms with van der Waals surface area (Å²) in [6, 6.07) is 16.4. The quantitative estimate of drug-likeness (QED) is 0.592. The fourth-order valence-electron chi connectivity index (χ4n) is 1.96. The van der Waals surface area contributed by atoms with Gasteiger partial charge in [0, 0.05) is 29.7 Å². The molecule has 0 fully saturated rings. The van der Waals surface area contributed by atoms with Crippen LogP contribution in [0, 0.1) is 0 Å². The second kappa shape index (κ2) is 13.0. The van der Waals surface area contributed by atoms with Crippen molar-refractivity contribution in [1.82, 2.24) is 0 Å². The molecule has 1 aliphatic heterocycles. The van der Waals surface area contributed by atoms with Crippen molar-refractivity contribution in [1.29, 1.82) is 0 Å². The Morgan fingerprint density at radius 1 is 0.818 bits per heavy atom. The molecule has 2 aromatic carbocycles. The number of hydrogen-bond acceptors (Lipinski definition) is 2. The van der Waals surface area contributed by atoms with Gasteiger partial charge >= 0.3 is 0 Å². The summed E-state index contributed by atoms with van der Waals surface area (Å²) in [5, 5.41) is 3.44. The SMILES string of the molecule is CC.CC.CCl.c1ccc2c(c1)COc1ccccc1CN2. The highest BCUT2D eigenvalue weighted by Gasteiger charge is 2.09. The van der Waals surface area contributed by atoms with Crippen LogP contribution in [0.4, 0.5) is 5.69 Å². The monoisotopic (exact) mass is 321 g/mol. The molecule has 0 atom stereocenters. The summed E-state index contributed by atoms with van der Waals surface area (Å²) in [6.45, 7) is 9.44. The Labute approximate surface area is 140 Å². The third kappa shape index (κ3) is 5.98. The van der Waals surface area contributed by atoms with Crippen LogP contribution in [0.2, 0.25) is 0 Å². The van der Waals surface area contributed by atoms with Crippen molar-refractivity contribution in [3.8, 4) is 5.75 Å². The summed E-state index contributed by atoms with van der Waals surface area (Å²) in [4.78, 5) is 0. The van der Waals surface area contributed by atoms with E-state index in [1.165, 1.54) is 17.5 Å². The van der Waals surface area contributed by atoms with E-state index < -0.39 is 0 Å². The normalized spacial score (nSPS) is 10.6. The lowest BCUT2D eigenvalue weighted by Gasteiger charge is -2.19. The molecule has 0 aliphatic carbocycles. The van der Waals surface area contributed by atoms with Crippen LogP contribution in [-0.2, 0) is 13.2 Å². The highest BCUT2D eigenvalue weighted by atomic mass is 35.5. The summed E-state index contributed by atoms with van der Waals surface area (Å²) in [5.41, 5.74) is 3.58. The van der Waals surface area contributed by atoms with E-state index in [9.17, 15) is 0 Å². The Balaban J connectivity index is 0.000000661. The number of nitrogens with one attached hydrogen (secondary N) is 1. The maximum atomic E-state index is 5.81. The van der Waals surface area contributed by atoms with Crippen LogP contribution in [0.3, 0.4) is 0 Å². The molecule has 22 heavy (non-hydrogen) atoms. The lowest BCUT2D eigenvalue weighted by Crippen LogP contribution is -2.10. The molecule has 0 aromatic heterocycles. The predicted octanol–water partition coefficient (Wildman–Crippen LogP) is 6.10. The van der Waals surface area contributed by atoms with E-state index in [2.05, 4.69) is 35.1 Å². The molecule has 1 heterocycles. The van der Waals surface area contributed by atoms with Gasteiger partial charge in [-0.1, -0.05) is 64.1 Å². The van der Waals surface area contributed by atoms with Crippen LogP contribution < -0.4 is 10.1 Å². The van der Waals surface area contributed by atoms with Crippen molar-refractivity contribution in [3.05, 3.63) is 59.7 Å². The molecule has 2 nitrogen and oxygen atoms in total. The first-order valence-corrected chi connectivity index (χ1v) is 8.59. The average molecular weight is 322 g/mol. The first-order chi connectivity index (χ1) is 10.9. The minimum absolute atomic E-state index is 0.625. The Morgan fingerprint density at radius 2 is 1.36 bits per heavy atom. The summed E-state index contributed by atoms with van der Waals surface area (Å²) in [5.74, 6) is 0.976. The molecule has 122 valence electrons. The number of halogens is 1. The van der Waals surface area contributed by atoms with E-state index >= 15 is 0 Å². The van der Waals surface area contributed by atoms with Crippen LogP contribution in [0.25, 0.3) is 0 Å². The van der Waals surface area contributed by atoms with Crippen molar-refractivity contribution in [2.75, 3.05) is 11.7 Å². The standard InChI is InChI=1S/C14H13NO.2C2H6.CH3Cl/c1-3-7-13-12(6-1)10-16-14-8-4-2-5-11(14)9-15-13;3*1-2/h1-8,15H,9-10H2;2*1-2H3;1H3. The first kappa shape index (κ1) is 20.3. The molecule has 0 radical (unpaired) electrons. The Morgan fingerprint density at radius 3 is 2.05 bits per heavy atom. The molecule has 0 saturated carbocycles. The minimum Gasteiger partial charge on any atom is -0.488 e. The van der Waals surface area contributed by atoms with E-state index in [4.69, 9.17) is 4.74 Å². The molecule has 2 aromatic rings. The third-order valence-corrected chi connectivity index (χ3v) is 2.84. The van der Waals surface area contributed by atoms with Crippen molar-refractivity contribution in [3.63, 3.8) is 0 Å². The Bertz CT molecular complexity index is 421. The van der Waals surface area contributed by atoms with Crippen molar-refractivity contribution in [2.24, 2.45) is 0 Å².